The number of hydrogen-bond donors (Lipinski definition) is 2. The van der Waals surface area contributed by atoms with Crippen LogP contribution in [0.1, 0.15) is 25.8 Å². The highest BCUT2D eigenvalue weighted by molar-refractivity contribution is 5.69. The molecule has 2 rings (SSSR count). The standard InChI is InChI=1S/C13H16O5/c1-8(2)13(16,6-12(14)15)9-3-4-10-11(5-9)18-7-17-10/h3-5,8,16H,6-7H2,1-2H3,(H,14,15). The summed E-state index contributed by atoms with van der Waals surface area (Å²) < 4.78 is 10.4. The Morgan fingerprint density at radius 2 is 2.06 bits per heavy atom. The summed E-state index contributed by atoms with van der Waals surface area (Å²) in [6.07, 6.45) is -0.343. The van der Waals surface area contributed by atoms with Crippen molar-refractivity contribution in [1.82, 2.24) is 0 Å². The minimum absolute atomic E-state index is 0.151. The normalized spacial score (nSPS) is 16.7. The molecule has 1 unspecified atom stereocenters. The lowest BCUT2D eigenvalue weighted by atomic mass is 9.80. The predicted octanol–water partition coefficient (Wildman–Crippen LogP) is 1.73. The molecule has 0 radical (unpaired) electrons. The lowest BCUT2D eigenvalue weighted by Gasteiger charge is -2.31. The maximum absolute atomic E-state index is 10.9. The number of carboxylic acids is 1. The number of ether oxygens (including phenoxy) is 2. The van der Waals surface area contributed by atoms with Gasteiger partial charge in [0.1, 0.15) is 5.60 Å². The molecule has 1 heterocycles. The molecule has 0 spiro atoms. The Morgan fingerprint density at radius 3 is 2.67 bits per heavy atom. The number of fused-ring (bicyclic) bond motifs is 1. The highest BCUT2D eigenvalue weighted by atomic mass is 16.7. The molecule has 1 aromatic carbocycles. The van der Waals surface area contributed by atoms with Crippen molar-refractivity contribution in [2.45, 2.75) is 25.9 Å². The number of aliphatic hydroxyl groups is 1. The van der Waals surface area contributed by atoms with E-state index in [1.165, 1.54) is 0 Å². The Labute approximate surface area is 105 Å². The molecule has 98 valence electrons. The van der Waals surface area contributed by atoms with Crippen LogP contribution in [0.4, 0.5) is 0 Å². The van der Waals surface area contributed by atoms with Crippen molar-refractivity contribution in [1.29, 1.82) is 0 Å². The number of aliphatic carboxylic acids is 1. The first-order valence-electron chi connectivity index (χ1n) is 5.78. The maximum Gasteiger partial charge on any atom is 0.306 e. The Bertz CT molecular complexity index is 468. The van der Waals surface area contributed by atoms with Crippen LogP contribution in [0.15, 0.2) is 18.2 Å². The summed E-state index contributed by atoms with van der Waals surface area (Å²) in [5, 5.41) is 19.5. The smallest absolute Gasteiger partial charge is 0.306 e. The highest BCUT2D eigenvalue weighted by Gasteiger charge is 2.36. The van der Waals surface area contributed by atoms with E-state index in [1.54, 1.807) is 32.0 Å². The number of carbonyl (C=O) groups is 1. The van der Waals surface area contributed by atoms with Gasteiger partial charge in [0.2, 0.25) is 6.79 Å². The molecule has 0 fully saturated rings. The molecular weight excluding hydrogens is 236 g/mol. The van der Waals surface area contributed by atoms with Crippen molar-refractivity contribution in [3.05, 3.63) is 23.8 Å². The fourth-order valence-corrected chi connectivity index (χ4v) is 2.04. The molecule has 0 saturated heterocycles. The monoisotopic (exact) mass is 252 g/mol. The van der Waals surface area contributed by atoms with E-state index < -0.39 is 11.6 Å². The SMILES string of the molecule is CC(C)C(O)(CC(=O)O)c1ccc2c(c1)OCO2. The van der Waals surface area contributed by atoms with Gasteiger partial charge >= 0.3 is 5.97 Å². The largest absolute Gasteiger partial charge is 0.481 e. The van der Waals surface area contributed by atoms with Crippen LogP contribution in [0.3, 0.4) is 0 Å². The van der Waals surface area contributed by atoms with Crippen LogP contribution in [-0.2, 0) is 10.4 Å². The van der Waals surface area contributed by atoms with Crippen molar-refractivity contribution in [3.8, 4) is 11.5 Å². The predicted molar refractivity (Wildman–Crippen MR) is 63.6 cm³/mol. The van der Waals surface area contributed by atoms with Crippen LogP contribution in [-0.4, -0.2) is 23.0 Å². The summed E-state index contributed by atoms with van der Waals surface area (Å²) in [5.41, 5.74) is -0.878. The Balaban J connectivity index is 2.39. The zero-order chi connectivity index (χ0) is 13.3. The van der Waals surface area contributed by atoms with Crippen molar-refractivity contribution >= 4 is 5.97 Å². The van der Waals surface area contributed by atoms with E-state index in [1.807, 2.05) is 0 Å². The molecule has 18 heavy (non-hydrogen) atoms. The average Bonchev–Trinajstić information content (AvgIpc) is 2.74. The van der Waals surface area contributed by atoms with Crippen LogP contribution in [0, 0.1) is 5.92 Å². The molecule has 0 bridgehead atoms. The first-order chi connectivity index (χ1) is 8.43. The summed E-state index contributed by atoms with van der Waals surface area (Å²) in [6.45, 7) is 3.72. The fraction of sp³-hybridized carbons (Fsp3) is 0.462. The molecule has 2 N–H and O–H groups in total. The summed E-state index contributed by atoms with van der Waals surface area (Å²) >= 11 is 0. The minimum atomic E-state index is -1.41. The third-order valence-corrected chi connectivity index (χ3v) is 3.25. The molecule has 0 aliphatic carbocycles. The molecule has 0 saturated carbocycles. The topological polar surface area (TPSA) is 76.0 Å². The van der Waals surface area contributed by atoms with Crippen LogP contribution in [0.25, 0.3) is 0 Å². The molecule has 1 aliphatic rings. The second kappa shape index (κ2) is 4.49. The first kappa shape index (κ1) is 12.7. The third kappa shape index (κ3) is 2.13. The lowest BCUT2D eigenvalue weighted by molar-refractivity contribution is -0.145. The van der Waals surface area contributed by atoms with E-state index in [2.05, 4.69) is 0 Å². The van der Waals surface area contributed by atoms with E-state index in [0.29, 0.717) is 17.1 Å². The molecule has 1 aromatic rings. The average molecular weight is 252 g/mol. The number of hydrogen-bond acceptors (Lipinski definition) is 4. The van der Waals surface area contributed by atoms with Crippen LogP contribution in [0.5, 0.6) is 11.5 Å². The summed E-state index contributed by atoms with van der Waals surface area (Å²) in [6, 6.07) is 5.01. The summed E-state index contributed by atoms with van der Waals surface area (Å²) in [5.74, 6) is -0.116. The molecule has 5 heteroatoms. The maximum atomic E-state index is 10.9. The van der Waals surface area contributed by atoms with Crippen molar-refractivity contribution < 1.29 is 24.5 Å². The second-order valence-corrected chi connectivity index (χ2v) is 4.72. The zero-order valence-electron chi connectivity index (χ0n) is 10.3. The second-order valence-electron chi connectivity index (χ2n) is 4.72. The van der Waals surface area contributed by atoms with Gasteiger partial charge in [-0.05, 0) is 23.6 Å². The molecular formula is C13H16O5. The van der Waals surface area contributed by atoms with Gasteiger partial charge < -0.3 is 19.7 Å². The fourth-order valence-electron chi connectivity index (χ4n) is 2.04. The Hall–Kier alpha value is -1.75. The summed E-state index contributed by atoms with van der Waals surface area (Å²) in [4.78, 5) is 10.9. The third-order valence-electron chi connectivity index (χ3n) is 3.25. The van der Waals surface area contributed by atoms with Gasteiger partial charge in [0.05, 0.1) is 6.42 Å². The van der Waals surface area contributed by atoms with E-state index in [-0.39, 0.29) is 19.1 Å². The van der Waals surface area contributed by atoms with Gasteiger partial charge in [-0.25, -0.2) is 0 Å². The lowest BCUT2D eigenvalue weighted by Crippen LogP contribution is -2.34. The summed E-state index contributed by atoms with van der Waals surface area (Å²) in [7, 11) is 0. The van der Waals surface area contributed by atoms with Crippen molar-refractivity contribution in [2.75, 3.05) is 6.79 Å². The minimum Gasteiger partial charge on any atom is -0.481 e. The quantitative estimate of drug-likeness (QED) is 0.853. The van der Waals surface area contributed by atoms with Gasteiger partial charge in [0.25, 0.3) is 0 Å². The van der Waals surface area contributed by atoms with E-state index in [0.717, 1.165) is 0 Å². The Kier molecular flexibility index (Phi) is 3.17. The molecule has 0 aromatic heterocycles. The first-order valence-corrected chi connectivity index (χ1v) is 5.78. The van der Waals surface area contributed by atoms with Gasteiger partial charge in [0.15, 0.2) is 11.5 Å². The van der Waals surface area contributed by atoms with Crippen LogP contribution < -0.4 is 9.47 Å². The van der Waals surface area contributed by atoms with E-state index >= 15 is 0 Å². The molecule has 5 nitrogen and oxygen atoms in total. The van der Waals surface area contributed by atoms with Crippen molar-refractivity contribution in [2.24, 2.45) is 5.92 Å². The highest BCUT2D eigenvalue weighted by Crippen LogP contribution is 2.39. The van der Waals surface area contributed by atoms with E-state index in [9.17, 15) is 9.90 Å². The van der Waals surface area contributed by atoms with Gasteiger partial charge in [0, 0.05) is 0 Å². The molecule has 1 aliphatic heterocycles. The van der Waals surface area contributed by atoms with Crippen LogP contribution in [0.2, 0.25) is 0 Å². The molecule has 1 atom stereocenters. The van der Waals surface area contributed by atoms with Gasteiger partial charge in [-0.2, -0.15) is 0 Å². The van der Waals surface area contributed by atoms with Crippen LogP contribution >= 0.6 is 0 Å². The molecule has 0 amide bonds. The van der Waals surface area contributed by atoms with E-state index in [4.69, 9.17) is 14.6 Å². The number of benzene rings is 1. The van der Waals surface area contributed by atoms with Gasteiger partial charge in [-0.3, -0.25) is 4.79 Å². The van der Waals surface area contributed by atoms with Crippen molar-refractivity contribution in [3.63, 3.8) is 0 Å². The van der Waals surface area contributed by atoms with Gasteiger partial charge in [-0.15, -0.1) is 0 Å². The van der Waals surface area contributed by atoms with Gasteiger partial charge in [-0.1, -0.05) is 19.9 Å². The number of rotatable bonds is 4. The zero-order valence-corrected chi connectivity index (χ0v) is 10.3. The Morgan fingerprint density at radius 1 is 1.39 bits per heavy atom. The number of carboxylic acid groups (broad SMARTS) is 1.